The van der Waals surface area contributed by atoms with Crippen LogP contribution in [-0.2, 0) is 11.9 Å². The summed E-state index contributed by atoms with van der Waals surface area (Å²) in [7, 11) is 0. The molecule has 0 unspecified atom stereocenters. The highest BCUT2D eigenvalue weighted by Gasteiger charge is 2.32. The summed E-state index contributed by atoms with van der Waals surface area (Å²) in [5, 5.41) is 9.91. The van der Waals surface area contributed by atoms with E-state index in [1.807, 2.05) is 6.07 Å². The average Bonchev–Trinajstić information content (AvgIpc) is 2.51. The van der Waals surface area contributed by atoms with Crippen molar-refractivity contribution >= 4 is 29.5 Å². The highest BCUT2D eigenvalue weighted by atomic mass is 32.2. The lowest BCUT2D eigenvalue weighted by Crippen LogP contribution is -2.08. The van der Waals surface area contributed by atoms with Gasteiger partial charge in [-0.3, -0.25) is 0 Å². The van der Waals surface area contributed by atoms with E-state index in [-0.39, 0.29) is 27.9 Å². The number of hydrogen-bond donors (Lipinski definition) is 1. The lowest BCUT2D eigenvalue weighted by molar-refractivity contribution is -0.138. The van der Waals surface area contributed by atoms with Gasteiger partial charge in [0.25, 0.3) is 0 Å². The molecule has 0 aliphatic carbocycles. The average molecular weight is 356 g/mol. The van der Waals surface area contributed by atoms with Crippen LogP contribution in [0.1, 0.15) is 16.7 Å². The molecule has 23 heavy (non-hydrogen) atoms. The number of nitrogens with two attached hydrogens (primary N) is 1. The second-order valence-corrected chi connectivity index (χ2v) is 6.09. The number of alkyl halides is 3. The zero-order valence-electron chi connectivity index (χ0n) is 11.9. The molecule has 0 amide bonds. The normalized spacial score (nSPS) is 11.3. The van der Waals surface area contributed by atoms with Crippen molar-refractivity contribution in [2.24, 2.45) is 0 Å². The number of anilines is 1. The third-order valence-electron chi connectivity index (χ3n) is 2.85. The van der Waals surface area contributed by atoms with Crippen molar-refractivity contribution in [3.05, 3.63) is 41.0 Å². The number of thioether (sulfide) groups is 2. The smallest absolute Gasteiger partial charge is 0.368 e. The summed E-state index contributed by atoms with van der Waals surface area (Å²) in [6.07, 6.45) is -2.69. The number of nitriles is 1. The second-order valence-electron chi connectivity index (χ2n) is 4.33. The molecule has 2 aromatic rings. The number of benzene rings is 1. The van der Waals surface area contributed by atoms with Crippen LogP contribution in [0, 0.1) is 11.3 Å². The molecule has 0 radical (unpaired) electrons. The molecule has 0 atom stereocenters. The first kappa shape index (κ1) is 17.4. The number of halogens is 3. The van der Waals surface area contributed by atoms with Crippen molar-refractivity contribution in [3.63, 3.8) is 0 Å². The van der Waals surface area contributed by atoms with E-state index in [1.54, 1.807) is 6.26 Å². The third kappa shape index (κ3) is 4.09. The van der Waals surface area contributed by atoms with Gasteiger partial charge in [0, 0.05) is 5.75 Å². The van der Waals surface area contributed by atoms with Crippen molar-refractivity contribution in [2.45, 2.75) is 22.0 Å². The van der Waals surface area contributed by atoms with Gasteiger partial charge in [-0.05, 0) is 17.9 Å². The Balaban J connectivity index is 2.33. The predicted molar refractivity (Wildman–Crippen MR) is 83.9 cm³/mol. The molecule has 0 fully saturated rings. The SMILES string of the molecule is CSc1nc(N)nc(SCc2ccccc2C(F)(F)F)c1C#N. The highest BCUT2D eigenvalue weighted by molar-refractivity contribution is 7.99. The Morgan fingerprint density at radius 3 is 2.48 bits per heavy atom. The molecule has 0 aliphatic heterocycles. The van der Waals surface area contributed by atoms with E-state index in [0.29, 0.717) is 5.03 Å². The van der Waals surface area contributed by atoms with Crippen LogP contribution in [0.2, 0.25) is 0 Å². The van der Waals surface area contributed by atoms with E-state index < -0.39 is 11.7 Å². The highest BCUT2D eigenvalue weighted by Crippen LogP contribution is 2.36. The van der Waals surface area contributed by atoms with Crippen LogP contribution in [0.5, 0.6) is 0 Å². The van der Waals surface area contributed by atoms with Gasteiger partial charge in [-0.1, -0.05) is 18.2 Å². The standard InChI is InChI=1S/C14H11F3N4S2/c1-22-11-9(6-18)12(21-13(19)20-11)23-7-8-4-2-3-5-10(8)14(15,16)17/h2-5H,7H2,1H3,(H2,19,20,21). The van der Waals surface area contributed by atoms with E-state index in [2.05, 4.69) is 9.97 Å². The van der Waals surface area contributed by atoms with Gasteiger partial charge < -0.3 is 5.73 Å². The van der Waals surface area contributed by atoms with Crippen LogP contribution in [-0.4, -0.2) is 16.2 Å². The molecule has 2 rings (SSSR count). The Labute approximate surface area is 139 Å². The van der Waals surface area contributed by atoms with Gasteiger partial charge in [0.2, 0.25) is 5.95 Å². The van der Waals surface area contributed by atoms with E-state index >= 15 is 0 Å². The maximum absolute atomic E-state index is 13.0. The third-order valence-corrected chi connectivity index (χ3v) is 4.56. The molecule has 2 N–H and O–H groups in total. The molecular formula is C14H11F3N4S2. The van der Waals surface area contributed by atoms with Crippen molar-refractivity contribution in [1.29, 1.82) is 5.26 Å². The van der Waals surface area contributed by atoms with Gasteiger partial charge >= 0.3 is 6.18 Å². The van der Waals surface area contributed by atoms with E-state index in [4.69, 9.17) is 5.73 Å². The van der Waals surface area contributed by atoms with Gasteiger partial charge in [-0.25, -0.2) is 9.97 Å². The summed E-state index contributed by atoms with van der Waals surface area (Å²) < 4.78 is 39.0. The summed E-state index contributed by atoms with van der Waals surface area (Å²) in [5.41, 5.74) is 5.24. The Hall–Kier alpha value is -1.92. The monoisotopic (exact) mass is 356 g/mol. The molecule has 0 spiro atoms. The summed E-state index contributed by atoms with van der Waals surface area (Å²) in [6.45, 7) is 0. The lowest BCUT2D eigenvalue weighted by Gasteiger charge is -2.13. The molecule has 0 saturated heterocycles. The molecular weight excluding hydrogens is 345 g/mol. The maximum atomic E-state index is 13.0. The van der Waals surface area contributed by atoms with Crippen LogP contribution in [0.25, 0.3) is 0 Å². The molecule has 1 heterocycles. The Morgan fingerprint density at radius 2 is 1.87 bits per heavy atom. The van der Waals surface area contributed by atoms with Crippen LogP contribution in [0.4, 0.5) is 19.1 Å². The quantitative estimate of drug-likeness (QED) is 0.660. The van der Waals surface area contributed by atoms with E-state index in [9.17, 15) is 18.4 Å². The molecule has 1 aromatic carbocycles. The first-order valence-electron chi connectivity index (χ1n) is 6.26. The van der Waals surface area contributed by atoms with Crippen LogP contribution in [0.3, 0.4) is 0 Å². The van der Waals surface area contributed by atoms with E-state index in [1.165, 1.54) is 30.0 Å². The van der Waals surface area contributed by atoms with Crippen LogP contribution >= 0.6 is 23.5 Å². The zero-order chi connectivity index (χ0) is 17.0. The van der Waals surface area contributed by atoms with E-state index in [0.717, 1.165) is 17.8 Å². The molecule has 1 aromatic heterocycles. The van der Waals surface area contributed by atoms with Gasteiger partial charge in [0.15, 0.2) is 0 Å². The van der Waals surface area contributed by atoms with Gasteiger partial charge in [0.05, 0.1) is 5.56 Å². The topological polar surface area (TPSA) is 75.6 Å². The molecule has 0 aliphatic rings. The molecule has 120 valence electrons. The molecule has 0 saturated carbocycles. The van der Waals surface area contributed by atoms with Gasteiger partial charge in [0.1, 0.15) is 21.7 Å². The molecule has 0 bridgehead atoms. The summed E-state index contributed by atoms with van der Waals surface area (Å²) >= 11 is 2.26. The zero-order valence-corrected chi connectivity index (χ0v) is 13.5. The Kier molecular flexibility index (Phi) is 5.38. The maximum Gasteiger partial charge on any atom is 0.416 e. The second kappa shape index (κ2) is 7.10. The van der Waals surface area contributed by atoms with Gasteiger partial charge in [-0.2, -0.15) is 18.4 Å². The summed E-state index contributed by atoms with van der Waals surface area (Å²) in [5.74, 6) is 0.00853. The fraction of sp³-hybridized carbons (Fsp3) is 0.214. The van der Waals surface area contributed by atoms with Crippen LogP contribution < -0.4 is 5.73 Å². The number of hydrogen-bond acceptors (Lipinski definition) is 6. The number of nitrogens with zero attached hydrogens (tertiary/aromatic N) is 3. The van der Waals surface area contributed by atoms with Crippen molar-refractivity contribution in [2.75, 3.05) is 12.0 Å². The Morgan fingerprint density at radius 1 is 1.22 bits per heavy atom. The fourth-order valence-corrected chi connectivity index (χ4v) is 3.44. The largest absolute Gasteiger partial charge is 0.416 e. The minimum Gasteiger partial charge on any atom is -0.368 e. The first-order valence-corrected chi connectivity index (χ1v) is 8.47. The van der Waals surface area contributed by atoms with Crippen molar-refractivity contribution in [3.8, 4) is 6.07 Å². The fourth-order valence-electron chi connectivity index (χ4n) is 1.85. The lowest BCUT2D eigenvalue weighted by atomic mass is 10.1. The number of nitrogen functional groups attached to an aromatic ring is 1. The molecule has 4 nitrogen and oxygen atoms in total. The Bertz CT molecular complexity index is 757. The van der Waals surface area contributed by atoms with Gasteiger partial charge in [-0.15, -0.1) is 23.5 Å². The van der Waals surface area contributed by atoms with Crippen molar-refractivity contribution in [1.82, 2.24) is 9.97 Å². The van der Waals surface area contributed by atoms with Crippen molar-refractivity contribution < 1.29 is 13.2 Å². The number of rotatable bonds is 4. The summed E-state index contributed by atoms with van der Waals surface area (Å²) in [4.78, 5) is 7.92. The van der Waals surface area contributed by atoms with Crippen LogP contribution in [0.15, 0.2) is 34.3 Å². The minimum atomic E-state index is -4.43. The minimum absolute atomic E-state index is 0.0139. The number of aromatic nitrogens is 2. The predicted octanol–water partition coefficient (Wildman–Crippen LogP) is 3.96. The molecule has 9 heteroatoms. The summed E-state index contributed by atoms with van der Waals surface area (Å²) in [6, 6.07) is 7.29. The first-order chi connectivity index (χ1) is 10.9.